The SMILES string of the molecule is CCOc1ccc(-c2nn(-c3ccccc3)cc2/C=C2\SC(N3C[C@@H](C)O[C@H](C)C3)=NC2=O)c(C)c1. The molecular weight excluding hydrogens is 472 g/mol. The topological polar surface area (TPSA) is 68.9 Å². The fraction of sp³-hybridized carbons (Fsp3) is 0.321. The Morgan fingerprint density at radius 1 is 1.14 bits per heavy atom. The molecule has 0 unspecified atom stereocenters. The average Bonchev–Trinajstić information content (AvgIpc) is 3.43. The van der Waals surface area contributed by atoms with Crippen molar-refractivity contribution in [2.75, 3.05) is 19.7 Å². The van der Waals surface area contributed by atoms with Crippen molar-refractivity contribution in [3.63, 3.8) is 0 Å². The summed E-state index contributed by atoms with van der Waals surface area (Å²) in [5, 5.41) is 5.67. The number of amidine groups is 1. The second kappa shape index (κ2) is 10.3. The van der Waals surface area contributed by atoms with Gasteiger partial charge in [-0.05, 0) is 81.4 Å². The summed E-state index contributed by atoms with van der Waals surface area (Å²) < 4.78 is 13.4. The summed E-state index contributed by atoms with van der Waals surface area (Å²) in [5.41, 5.74) is 4.67. The molecule has 186 valence electrons. The quantitative estimate of drug-likeness (QED) is 0.440. The van der Waals surface area contributed by atoms with Gasteiger partial charge in [0.2, 0.25) is 0 Å². The predicted octanol–water partition coefficient (Wildman–Crippen LogP) is 5.33. The molecule has 0 radical (unpaired) electrons. The van der Waals surface area contributed by atoms with Crippen LogP contribution in [0.4, 0.5) is 0 Å². The molecule has 1 amide bonds. The van der Waals surface area contributed by atoms with Crippen LogP contribution in [0.1, 0.15) is 31.9 Å². The van der Waals surface area contributed by atoms with Crippen molar-refractivity contribution < 1.29 is 14.3 Å². The summed E-state index contributed by atoms with van der Waals surface area (Å²) in [4.78, 5) is 20.0. The molecule has 2 aliphatic rings. The lowest BCUT2D eigenvalue weighted by atomic mass is 10.0. The normalized spacial score (nSPS) is 21.2. The number of aliphatic imine (C=N–C) groups is 1. The molecule has 1 saturated heterocycles. The molecule has 1 fully saturated rings. The minimum Gasteiger partial charge on any atom is -0.494 e. The first-order chi connectivity index (χ1) is 17.4. The van der Waals surface area contributed by atoms with Crippen molar-refractivity contribution in [2.45, 2.75) is 39.9 Å². The number of morpholine rings is 1. The molecule has 8 heteroatoms. The number of amides is 1. The van der Waals surface area contributed by atoms with Crippen molar-refractivity contribution in [2.24, 2.45) is 4.99 Å². The number of ether oxygens (including phenoxy) is 2. The maximum absolute atomic E-state index is 12.9. The molecule has 36 heavy (non-hydrogen) atoms. The highest BCUT2D eigenvalue weighted by Gasteiger charge is 2.31. The molecule has 2 aromatic carbocycles. The molecule has 0 saturated carbocycles. The smallest absolute Gasteiger partial charge is 0.286 e. The summed E-state index contributed by atoms with van der Waals surface area (Å²) in [5.74, 6) is 0.610. The second-order valence-electron chi connectivity index (χ2n) is 9.10. The zero-order valence-electron chi connectivity index (χ0n) is 21.0. The number of carbonyl (C=O) groups excluding carboxylic acids is 1. The zero-order chi connectivity index (χ0) is 25.2. The lowest BCUT2D eigenvalue weighted by Gasteiger charge is -2.35. The highest BCUT2D eigenvalue weighted by Crippen LogP contribution is 2.35. The predicted molar refractivity (Wildman–Crippen MR) is 144 cm³/mol. The van der Waals surface area contributed by atoms with E-state index in [1.807, 2.05) is 93.2 Å². The van der Waals surface area contributed by atoms with Crippen LogP contribution in [-0.2, 0) is 9.53 Å². The number of rotatable bonds is 5. The number of aromatic nitrogens is 2. The van der Waals surface area contributed by atoms with Gasteiger partial charge in [0.25, 0.3) is 5.91 Å². The minimum absolute atomic E-state index is 0.0959. The number of aryl methyl sites for hydroxylation is 1. The molecule has 7 nitrogen and oxygen atoms in total. The minimum atomic E-state index is -0.219. The average molecular weight is 503 g/mol. The number of carbonyl (C=O) groups is 1. The van der Waals surface area contributed by atoms with Gasteiger partial charge in [-0.2, -0.15) is 10.1 Å². The maximum atomic E-state index is 12.9. The highest BCUT2D eigenvalue weighted by molar-refractivity contribution is 8.18. The van der Waals surface area contributed by atoms with Crippen LogP contribution >= 0.6 is 11.8 Å². The fourth-order valence-corrected chi connectivity index (χ4v) is 5.50. The van der Waals surface area contributed by atoms with E-state index in [2.05, 4.69) is 9.89 Å². The first-order valence-corrected chi connectivity index (χ1v) is 13.0. The molecule has 3 aromatic rings. The first-order valence-electron chi connectivity index (χ1n) is 12.2. The summed E-state index contributed by atoms with van der Waals surface area (Å²) in [6.45, 7) is 10.2. The second-order valence-corrected chi connectivity index (χ2v) is 10.1. The molecule has 0 spiro atoms. The van der Waals surface area contributed by atoms with E-state index in [9.17, 15) is 4.79 Å². The summed E-state index contributed by atoms with van der Waals surface area (Å²) in [6, 6.07) is 16.0. The van der Waals surface area contributed by atoms with Gasteiger partial charge in [0.15, 0.2) is 5.17 Å². The number of hydrogen-bond acceptors (Lipinski definition) is 6. The van der Waals surface area contributed by atoms with E-state index in [0.717, 1.165) is 52.1 Å². The monoisotopic (exact) mass is 502 g/mol. The Bertz CT molecular complexity index is 1320. The molecular formula is C28H30N4O3S. The van der Waals surface area contributed by atoms with E-state index < -0.39 is 0 Å². The van der Waals surface area contributed by atoms with Crippen molar-refractivity contribution in [1.29, 1.82) is 0 Å². The van der Waals surface area contributed by atoms with Crippen LogP contribution < -0.4 is 4.74 Å². The first kappa shape index (κ1) is 24.3. The van der Waals surface area contributed by atoms with Gasteiger partial charge in [0.1, 0.15) is 11.4 Å². The molecule has 0 N–H and O–H groups in total. The zero-order valence-corrected chi connectivity index (χ0v) is 21.8. The van der Waals surface area contributed by atoms with Gasteiger partial charge in [-0.15, -0.1) is 0 Å². The third-order valence-corrected chi connectivity index (χ3v) is 7.16. The number of para-hydroxylation sites is 1. The van der Waals surface area contributed by atoms with Gasteiger partial charge in [-0.1, -0.05) is 18.2 Å². The standard InChI is InChI=1S/C28H30N4O3S/c1-5-34-23-11-12-24(18(2)13-23)26-21(17-32(30-26)22-9-7-6-8-10-22)14-25-27(33)29-28(36-25)31-15-19(3)35-20(4)16-31/h6-14,17,19-20H,5,15-16H2,1-4H3/b25-14-/t19-,20-/m1/s1. The van der Waals surface area contributed by atoms with Crippen LogP contribution in [0.25, 0.3) is 23.0 Å². The van der Waals surface area contributed by atoms with E-state index in [1.54, 1.807) is 0 Å². The van der Waals surface area contributed by atoms with E-state index >= 15 is 0 Å². The molecule has 5 rings (SSSR count). The van der Waals surface area contributed by atoms with Crippen LogP contribution in [0.3, 0.4) is 0 Å². The summed E-state index contributed by atoms with van der Waals surface area (Å²) in [7, 11) is 0. The summed E-state index contributed by atoms with van der Waals surface area (Å²) in [6.07, 6.45) is 4.07. The van der Waals surface area contributed by atoms with Gasteiger partial charge in [-0.3, -0.25) is 4.79 Å². The molecule has 3 heterocycles. The highest BCUT2D eigenvalue weighted by atomic mass is 32.2. The van der Waals surface area contributed by atoms with E-state index in [0.29, 0.717) is 11.5 Å². The number of benzene rings is 2. The fourth-order valence-electron chi connectivity index (χ4n) is 4.58. The lowest BCUT2D eigenvalue weighted by molar-refractivity contribution is -0.113. The molecule has 0 bridgehead atoms. The van der Waals surface area contributed by atoms with Gasteiger partial charge in [-0.25, -0.2) is 4.68 Å². The van der Waals surface area contributed by atoms with Crippen LogP contribution in [0.2, 0.25) is 0 Å². The van der Waals surface area contributed by atoms with Crippen molar-refractivity contribution in [3.8, 4) is 22.7 Å². The Labute approximate surface area is 215 Å². The third-order valence-electron chi connectivity index (χ3n) is 6.11. The Morgan fingerprint density at radius 3 is 2.58 bits per heavy atom. The Hall–Kier alpha value is -3.36. The number of nitrogens with zero attached hydrogens (tertiary/aromatic N) is 4. The third kappa shape index (κ3) is 5.10. The van der Waals surface area contributed by atoms with Gasteiger partial charge >= 0.3 is 0 Å². The molecule has 2 aliphatic heterocycles. The summed E-state index contributed by atoms with van der Waals surface area (Å²) >= 11 is 1.42. The van der Waals surface area contributed by atoms with Gasteiger partial charge < -0.3 is 14.4 Å². The van der Waals surface area contributed by atoms with E-state index in [4.69, 9.17) is 14.6 Å². The molecule has 0 aliphatic carbocycles. The maximum Gasteiger partial charge on any atom is 0.286 e. The van der Waals surface area contributed by atoms with Crippen molar-refractivity contribution >= 4 is 28.9 Å². The van der Waals surface area contributed by atoms with E-state index in [1.165, 1.54) is 11.8 Å². The van der Waals surface area contributed by atoms with Crippen molar-refractivity contribution in [1.82, 2.24) is 14.7 Å². The van der Waals surface area contributed by atoms with Crippen LogP contribution in [0.15, 0.2) is 64.6 Å². The largest absolute Gasteiger partial charge is 0.494 e. The van der Waals surface area contributed by atoms with Gasteiger partial charge in [0, 0.05) is 30.4 Å². The Balaban J connectivity index is 1.51. The number of thioether (sulfide) groups is 1. The van der Waals surface area contributed by atoms with Gasteiger partial charge in [0.05, 0.1) is 29.4 Å². The van der Waals surface area contributed by atoms with Crippen LogP contribution in [0.5, 0.6) is 5.75 Å². The number of hydrogen-bond donors (Lipinski definition) is 0. The molecule has 1 aromatic heterocycles. The van der Waals surface area contributed by atoms with Crippen molar-refractivity contribution in [3.05, 3.63) is 70.8 Å². The Kier molecular flexibility index (Phi) is 6.98. The molecule has 2 atom stereocenters. The Morgan fingerprint density at radius 2 is 1.89 bits per heavy atom. The van der Waals surface area contributed by atoms with Crippen LogP contribution in [0, 0.1) is 6.92 Å². The lowest BCUT2D eigenvalue weighted by Crippen LogP contribution is -2.47. The van der Waals surface area contributed by atoms with E-state index in [-0.39, 0.29) is 18.1 Å². The van der Waals surface area contributed by atoms with Crippen LogP contribution in [-0.4, -0.2) is 57.7 Å².